The van der Waals surface area contributed by atoms with E-state index in [4.69, 9.17) is 21.1 Å². The van der Waals surface area contributed by atoms with E-state index in [0.29, 0.717) is 16.5 Å². The van der Waals surface area contributed by atoms with Crippen molar-refractivity contribution in [3.05, 3.63) is 43.5 Å². The van der Waals surface area contributed by atoms with Gasteiger partial charge in [-0.05, 0) is 44.6 Å². The highest BCUT2D eigenvalue weighted by atomic mass is 79.9. The summed E-state index contributed by atoms with van der Waals surface area (Å²) in [6.45, 7) is 0. The van der Waals surface area contributed by atoms with Crippen LogP contribution < -0.4 is 9.47 Å². The molecule has 1 heterocycles. The van der Waals surface area contributed by atoms with Gasteiger partial charge in [0.1, 0.15) is 0 Å². The van der Waals surface area contributed by atoms with Crippen LogP contribution in [-0.4, -0.2) is 14.2 Å². The Morgan fingerprint density at radius 1 is 1.16 bits per heavy atom. The molecule has 1 aromatic carbocycles. The van der Waals surface area contributed by atoms with E-state index in [9.17, 15) is 0 Å². The number of alkyl halides is 1. The molecule has 2 nitrogen and oxygen atoms in total. The molecular formula is C13H11Br2ClO2S. The highest BCUT2D eigenvalue weighted by molar-refractivity contribution is 9.11. The van der Waals surface area contributed by atoms with Crippen LogP contribution in [-0.2, 0) is 0 Å². The Morgan fingerprint density at radius 3 is 2.32 bits per heavy atom. The lowest BCUT2D eigenvalue weighted by atomic mass is 10.1. The lowest BCUT2D eigenvalue weighted by Gasteiger charge is -2.15. The minimum absolute atomic E-state index is 0.0161. The molecule has 0 aliphatic heterocycles. The summed E-state index contributed by atoms with van der Waals surface area (Å²) in [6, 6.07) is 5.73. The Bertz CT molecular complexity index is 586. The minimum atomic E-state index is 0.0161. The van der Waals surface area contributed by atoms with Gasteiger partial charge in [0, 0.05) is 11.1 Å². The molecule has 0 saturated heterocycles. The van der Waals surface area contributed by atoms with E-state index < -0.39 is 0 Å². The number of thiophene rings is 1. The highest BCUT2D eigenvalue weighted by Crippen LogP contribution is 2.42. The van der Waals surface area contributed by atoms with Crippen molar-refractivity contribution in [2.75, 3.05) is 14.2 Å². The number of halogens is 3. The van der Waals surface area contributed by atoms with Crippen LogP contribution in [0.5, 0.6) is 11.5 Å². The summed E-state index contributed by atoms with van der Waals surface area (Å²) in [5.41, 5.74) is 2.09. The molecule has 0 N–H and O–H groups in total. The van der Waals surface area contributed by atoms with Gasteiger partial charge < -0.3 is 9.47 Å². The lowest BCUT2D eigenvalue weighted by molar-refractivity contribution is 0.354. The predicted molar refractivity (Wildman–Crippen MR) is 87.3 cm³/mol. The SMILES string of the molecule is COc1cc(Cl)c(C(Br)c2csc(Br)c2)cc1OC. The second-order valence-electron chi connectivity index (χ2n) is 3.78. The van der Waals surface area contributed by atoms with Gasteiger partial charge in [0.05, 0.1) is 22.8 Å². The van der Waals surface area contributed by atoms with Crippen molar-refractivity contribution in [2.45, 2.75) is 4.83 Å². The van der Waals surface area contributed by atoms with Crippen molar-refractivity contribution in [1.29, 1.82) is 0 Å². The molecule has 0 spiro atoms. The summed E-state index contributed by atoms with van der Waals surface area (Å²) in [4.78, 5) is 0.0161. The number of hydrogen-bond acceptors (Lipinski definition) is 3. The number of hydrogen-bond donors (Lipinski definition) is 0. The van der Waals surface area contributed by atoms with Crippen LogP contribution in [0.3, 0.4) is 0 Å². The summed E-state index contributed by atoms with van der Waals surface area (Å²) in [5, 5.41) is 2.72. The average molecular weight is 427 g/mol. The number of benzene rings is 1. The first-order valence-electron chi connectivity index (χ1n) is 5.36. The largest absolute Gasteiger partial charge is 0.493 e. The molecule has 0 saturated carbocycles. The maximum absolute atomic E-state index is 6.31. The second-order valence-corrected chi connectivity index (χ2v) is 7.39. The van der Waals surface area contributed by atoms with Crippen LogP contribution in [0.2, 0.25) is 5.02 Å². The zero-order valence-corrected chi connectivity index (χ0v) is 15.0. The maximum atomic E-state index is 6.31. The van der Waals surface area contributed by atoms with E-state index in [-0.39, 0.29) is 4.83 Å². The third-order valence-electron chi connectivity index (χ3n) is 2.66. The van der Waals surface area contributed by atoms with Crippen molar-refractivity contribution in [1.82, 2.24) is 0 Å². The molecule has 2 rings (SSSR count). The summed E-state index contributed by atoms with van der Waals surface area (Å²) in [7, 11) is 3.20. The summed E-state index contributed by atoms with van der Waals surface area (Å²) in [6.07, 6.45) is 0. The van der Waals surface area contributed by atoms with Gasteiger partial charge in [-0.3, -0.25) is 0 Å². The first-order chi connectivity index (χ1) is 9.06. The van der Waals surface area contributed by atoms with Crippen molar-refractivity contribution in [3.8, 4) is 11.5 Å². The van der Waals surface area contributed by atoms with Crippen LogP contribution >= 0.6 is 54.8 Å². The molecule has 2 aromatic rings. The average Bonchev–Trinajstić information content (AvgIpc) is 2.84. The Kier molecular flexibility index (Phi) is 5.17. The third kappa shape index (κ3) is 3.27. The zero-order chi connectivity index (χ0) is 14.0. The van der Waals surface area contributed by atoms with Crippen LogP contribution in [0.1, 0.15) is 16.0 Å². The Hall–Kier alpha value is -0.230. The van der Waals surface area contributed by atoms with Crippen LogP contribution in [0.15, 0.2) is 27.4 Å². The fourth-order valence-electron chi connectivity index (χ4n) is 1.70. The molecular weight excluding hydrogens is 415 g/mol. The van der Waals surface area contributed by atoms with E-state index in [0.717, 1.165) is 14.9 Å². The van der Waals surface area contributed by atoms with Gasteiger partial charge in [0.15, 0.2) is 11.5 Å². The van der Waals surface area contributed by atoms with E-state index in [2.05, 4.69) is 43.3 Å². The molecule has 0 amide bonds. The molecule has 1 unspecified atom stereocenters. The minimum Gasteiger partial charge on any atom is -0.493 e. The van der Waals surface area contributed by atoms with Gasteiger partial charge in [-0.25, -0.2) is 0 Å². The zero-order valence-electron chi connectivity index (χ0n) is 10.2. The Labute approximate surface area is 137 Å². The van der Waals surface area contributed by atoms with Gasteiger partial charge in [0.25, 0.3) is 0 Å². The lowest BCUT2D eigenvalue weighted by Crippen LogP contribution is -1.96. The van der Waals surface area contributed by atoms with Crippen molar-refractivity contribution in [3.63, 3.8) is 0 Å². The monoisotopic (exact) mass is 424 g/mol. The highest BCUT2D eigenvalue weighted by Gasteiger charge is 2.18. The number of rotatable bonds is 4. The second kappa shape index (κ2) is 6.48. The molecule has 0 aliphatic rings. The van der Waals surface area contributed by atoms with Gasteiger partial charge in [-0.1, -0.05) is 27.5 Å². The van der Waals surface area contributed by atoms with Crippen LogP contribution in [0, 0.1) is 0 Å². The fraction of sp³-hybridized carbons (Fsp3) is 0.231. The van der Waals surface area contributed by atoms with E-state index >= 15 is 0 Å². The van der Waals surface area contributed by atoms with Gasteiger partial charge in [0.2, 0.25) is 0 Å². The standard InChI is InChI=1S/C13H11Br2ClO2S/c1-17-10-4-8(9(16)5-11(10)18-2)13(15)7-3-12(14)19-6-7/h3-6,13H,1-2H3. The third-order valence-corrected chi connectivity index (χ3v) is 5.53. The molecule has 0 bridgehead atoms. The molecule has 19 heavy (non-hydrogen) atoms. The molecule has 0 fully saturated rings. The smallest absolute Gasteiger partial charge is 0.162 e. The van der Waals surface area contributed by atoms with Gasteiger partial charge in [-0.2, -0.15) is 0 Å². The first-order valence-corrected chi connectivity index (χ1v) is 8.33. The van der Waals surface area contributed by atoms with Crippen molar-refractivity contribution in [2.24, 2.45) is 0 Å². The summed E-state index contributed by atoms with van der Waals surface area (Å²) in [5.74, 6) is 1.29. The first kappa shape index (κ1) is 15.2. The number of methoxy groups -OCH3 is 2. The molecule has 0 aliphatic carbocycles. The maximum Gasteiger partial charge on any atom is 0.162 e. The van der Waals surface area contributed by atoms with Crippen LogP contribution in [0.25, 0.3) is 0 Å². The molecule has 1 aromatic heterocycles. The van der Waals surface area contributed by atoms with Gasteiger partial charge >= 0.3 is 0 Å². The van der Waals surface area contributed by atoms with Crippen molar-refractivity contribution < 1.29 is 9.47 Å². The summed E-state index contributed by atoms with van der Waals surface area (Å²) >= 11 is 15.1. The number of ether oxygens (including phenoxy) is 2. The Morgan fingerprint density at radius 2 is 1.79 bits per heavy atom. The normalized spacial score (nSPS) is 12.3. The van der Waals surface area contributed by atoms with E-state index in [1.165, 1.54) is 0 Å². The topological polar surface area (TPSA) is 18.5 Å². The molecule has 6 heteroatoms. The van der Waals surface area contributed by atoms with Gasteiger partial charge in [-0.15, -0.1) is 11.3 Å². The molecule has 1 atom stereocenters. The van der Waals surface area contributed by atoms with Crippen molar-refractivity contribution >= 4 is 54.8 Å². The quantitative estimate of drug-likeness (QED) is 0.587. The summed E-state index contributed by atoms with van der Waals surface area (Å²) < 4.78 is 11.6. The fourth-order valence-corrected chi connectivity index (χ4v) is 4.11. The molecule has 102 valence electrons. The van der Waals surface area contributed by atoms with E-state index in [1.807, 2.05) is 6.07 Å². The van der Waals surface area contributed by atoms with E-state index in [1.54, 1.807) is 31.6 Å². The van der Waals surface area contributed by atoms with Crippen LogP contribution in [0.4, 0.5) is 0 Å². The Balaban J connectivity index is 2.44. The predicted octanol–water partition coefficient (Wildman–Crippen LogP) is 5.67. The molecule has 0 radical (unpaired) electrons.